The van der Waals surface area contributed by atoms with Crippen molar-refractivity contribution in [1.82, 2.24) is 9.88 Å². The Hall–Kier alpha value is -1.76. The van der Waals surface area contributed by atoms with E-state index in [4.69, 9.17) is 0 Å². The summed E-state index contributed by atoms with van der Waals surface area (Å²) < 4.78 is 0. The van der Waals surface area contributed by atoms with Gasteiger partial charge in [0.2, 0.25) is 5.91 Å². The van der Waals surface area contributed by atoms with Crippen molar-refractivity contribution in [3.05, 3.63) is 46.5 Å². The van der Waals surface area contributed by atoms with E-state index in [1.807, 2.05) is 35.2 Å². The lowest BCUT2D eigenvalue weighted by atomic mass is 10.2. The van der Waals surface area contributed by atoms with E-state index in [0.717, 1.165) is 24.1 Å². The fourth-order valence-corrected chi connectivity index (χ4v) is 3.87. The summed E-state index contributed by atoms with van der Waals surface area (Å²) in [5.74, 6) is -0.0817. The van der Waals surface area contributed by atoms with Gasteiger partial charge in [-0.1, -0.05) is 30.3 Å². The van der Waals surface area contributed by atoms with Gasteiger partial charge in [0, 0.05) is 18.0 Å². The van der Waals surface area contributed by atoms with Gasteiger partial charge in [-0.25, -0.2) is 4.98 Å². The third-order valence-corrected chi connectivity index (χ3v) is 4.95. The molecule has 23 heavy (non-hydrogen) atoms. The first-order valence-corrected chi connectivity index (χ1v) is 8.72. The summed E-state index contributed by atoms with van der Waals surface area (Å²) in [4.78, 5) is 20.0. The molecule has 1 heterocycles. The number of carbonyl (C=O) groups excluding carboxylic acids is 1. The number of aryl methyl sites for hydroxylation is 2. The number of fused-ring (bicyclic) bond motifs is 1. The van der Waals surface area contributed by atoms with Crippen molar-refractivity contribution in [2.24, 2.45) is 0 Å². The monoisotopic (exact) mass is 331 g/mol. The van der Waals surface area contributed by atoms with Gasteiger partial charge >= 0.3 is 0 Å². The Bertz CT molecular complexity index is 636. The lowest BCUT2D eigenvalue weighted by Gasteiger charge is -2.20. The topological polar surface area (TPSA) is 65.5 Å². The normalized spacial score (nSPS) is 13.3. The lowest BCUT2D eigenvalue weighted by Crippen LogP contribution is -2.34. The maximum absolute atomic E-state index is 12.2. The highest BCUT2D eigenvalue weighted by Gasteiger charge is 2.18. The van der Waals surface area contributed by atoms with Crippen molar-refractivity contribution >= 4 is 22.4 Å². The number of nitrogens with zero attached hydrogens (tertiary/aromatic N) is 2. The van der Waals surface area contributed by atoms with Crippen LogP contribution in [0.2, 0.25) is 0 Å². The minimum Gasteiger partial charge on any atom is -0.395 e. The Balaban J connectivity index is 1.56. The first-order chi connectivity index (χ1) is 11.2. The van der Waals surface area contributed by atoms with Crippen molar-refractivity contribution in [3.8, 4) is 0 Å². The van der Waals surface area contributed by atoms with Crippen LogP contribution in [0.3, 0.4) is 0 Å². The van der Waals surface area contributed by atoms with E-state index in [1.165, 1.54) is 11.3 Å². The Kier molecular flexibility index (Phi) is 5.38. The summed E-state index contributed by atoms with van der Waals surface area (Å²) in [6.45, 7) is 1.39. The molecule has 0 aliphatic heterocycles. The van der Waals surface area contributed by atoms with Gasteiger partial charge in [0.05, 0.1) is 18.8 Å². The van der Waals surface area contributed by atoms with Gasteiger partial charge in [-0.3, -0.25) is 9.69 Å². The summed E-state index contributed by atoms with van der Waals surface area (Å²) in [5, 5.41) is 12.8. The van der Waals surface area contributed by atoms with E-state index in [-0.39, 0.29) is 19.1 Å². The highest BCUT2D eigenvalue weighted by molar-refractivity contribution is 7.15. The molecule has 5 nitrogen and oxygen atoms in total. The second-order valence-electron chi connectivity index (χ2n) is 5.71. The molecule has 0 saturated carbocycles. The van der Waals surface area contributed by atoms with E-state index in [0.29, 0.717) is 18.2 Å². The molecule has 1 aromatic carbocycles. The smallest absolute Gasteiger partial charge is 0.240 e. The molecule has 1 aliphatic carbocycles. The second kappa shape index (κ2) is 7.68. The Morgan fingerprint density at radius 2 is 2.13 bits per heavy atom. The number of benzene rings is 1. The molecule has 1 amide bonds. The lowest BCUT2D eigenvalue weighted by molar-refractivity contribution is -0.117. The Morgan fingerprint density at radius 3 is 2.87 bits per heavy atom. The van der Waals surface area contributed by atoms with Gasteiger partial charge in [-0.05, 0) is 24.8 Å². The van der Waals surface area contributed by atoms with Crippen LogP contribution in [0, 0.1) is 0 Å². The largest absolute Gasteiger partial charge is 0.395 e. The number of thiazole rings is 1. The molecule has 3 rings (SSSR count). The average Bonchev–Trinajstić information content (AvgIpc) is 3.09. The van der Waals surface area contributed by atoms with E-state index in [2.05, 4.69) is 10.3 Å². The molecular weight excluding hydrogens is 310 g/mol. The van der Waals surface area contributed by atoms with Crippen LogP contribution >= 0.6 is 11.3 Å². The standard InChI is InChI=1S/C17H21N3O2S/c21-10-9-20(11-13-5-2-1-3-6-13)12-16(22)19-17-18-14-7-4-8-15(14)23-17/h1-3,5-6,21H,4,7-12H2,(H,18,19,22). The van der Waals surface area contributed by atoms with Gasteiger partial charge in [0.1, 0.15) is 0 Å². The van der Waals surface area contributed by atoms with Crippen LogP contribution in [0.5, 0.6) is 0 Å². The van der Waals surface area contributed by atoms with Gasteiger partial charge in [-0.2, -0.15) is 0 Å². The van der Waals surface area contributed by atoms with Crippen molar-refractivity contribution < 1.29 is 9.90 Å². The number of rotatable bonds is 7. The second-order valence-corrected chi connectivity index (χ2v) is 6.79. The predicted octanol–water partition coefficient (Wildman–Crippen LogP) is 2.06. The molecule has 2 N–H and O–H groups in total. The van der Waals surface area contributed by atoms with Crippen LogP contribution in [-0.4, -0.2) is 40.6 Å². The summed E-state index contributed by atoms with van der Waals surface area (Å²) in [5.41, 5.74) is 2.27. The zero-order valence-corrected chi connectivity index (χ0v) is 13.8. The fourth-order valence-electron chi connectivity index (χ4n) is 2.80. The Labute approximate surface area is 140 Å². The molecular formula is C17H21N3O2S. The first-order valence-electron chi connectivity index (χ1n) is 7.90. The van der Waals surface area contributed by atoms with Crippen LogP contribution in [0.4, 0.5) is 5.13 Å². The third kappa shape index (κ3) is 4.37. The zero-order chi connectivity index (χ0) is 16.1. The summed E-state index contributed by atoms with van der Waals surface area (Å²) in [6, 6.07) is 9.96. The average molecular weight is 331 g/mol. The molecule has 2 aromatic rings. The van der Waals surface area contributed by atoms with Crippen LogP contribution in [-0.2, 0) is 24.2 Å². The summed E-state index contributed by atoms with van der Waals surface area (Å²) in [6.07, 6.45) is 3.27. The molecule has 0 atom stereocenters. The van der Waals surface area contributed by atoms with E-state index >= 15 is 0 Å². The number of anilines is 1. The van der Waals surface area contributed by atoms with E-state index in [9.17, 15) is 9.90 Å². The Morgan fingerprint density at radius 1 is 1.30 bits per heavy atom. The highest BCUT2D eigenvalue weighted by atomic mass is 32.1. The molecule has 0 saturated heterocycles. The van der Waals surface area contributed by atoms with Crippen LogP contribution < -0.4 is 5.32 Å². The third-order valence-electron chi connectivity index (χ3n) is 3.87. The summed E-state index contributed by atoms with van der Waals surface area (Å²) in [7, 11) is 0. The molecule has 6 heteroatoms. The summed E-state index contributed by atoms with van der Waals surface area (Å²) >= 11 is 1.58. The number of carbonyl (C=O) groups is 1. The van der Waals surface area contributed by atoms with Crippen molar-refractivity contribution in [3.63, 3.8) is 0 Å². The number of nitrogens with one attached hydrogen (secondary N) is 1. The molecule has 1 aromatic heterocycles. The number of amides is 1. The van der Waals surface area contributed by atoms with E-state index in [1.54, 1.807) is 11.3 Å². The minimum absolute atomic E-state index is 0.0334. The SMILES string of the molecule is O=C(CN(CCO)Cc1ccccc1)Nc1nc2c(s1)CCC2. The molecule has 0 spiro atoms. The number of aliphatic hydroxyl groups excluding tert-OH is 1. The maximum Gasteiger partial charge on any atom is 0.240 e. The van der Waals surface area contributed by atoms with Crippen molar-refractivity contribution in [2.45, 2.75) is 25.8 Å². The van der Waals surface area contributed by atoms with Crippen molar-refractivity contribution in [1.29, 1.82) is 0 Å². The van der Waals surface area contributed by atoms with Crippen LogP contribution in [0.25, 0.3) is 0 Å². The van der Waals surface area contributed by atoms with Gasteiger partial charge in [0.25, 0.3) is 0 Å². The van der Waals surface area contributed by atoms with Gasteiger partial charge < -0.3 is 10.4 Å². The molecule has 0 radical (unpaired) electrons. The molecule has 1 aliphatic rings. The zero-order valence-electron chi connectivity index (χ0n) is 13.0. The number of hydrogen-bond acceptors (Lipinski definition) is 5. The molecule has 122 valence electrons. The van der Waals surface area contributed by atoms with Crippen LogP contribution in [0.1, 0.15) is 22.6 Å². The number of hydrogen-bond donors (Lipinski definition) is 2. The first kappa shape index (κ1) is 16.1. The molecule has 0 bridgehead atoms. The van der Waals surface area contributed by atoms with Crippen LogP contribution in [0.15, 0.2) is 30.3 Å². The highest BCUT2D eigenvalue weighted by Crippen LogP contribution is 2.30. The number of aliphatic hydroxyl groups is 1. The molecule has 0 unspecified atom stereocenters. The maximum atomic E-state index is 12.2. The molecule has 0 fully saturated rings. The van der Waals surface area contributed by atoms with E-state index < -0.39 is 0 Å². The fraction of sp³-hybridized carbons (Fsp3) is 0.412. The quantitative estimate of drug-likeness (QED) is 0.815. The van der Waals surface area contributed by atoms with Crippen molar-refractivity contribution in [2.75, 3.05) is 25.0 Å². The number of aromatic nitrogens is 1. The van der Waals surface area contributed by atoms with Gasteiger partial charge in [-0.15, -0.1) is 11.3 Å². The minimum atomic E-state index is -0.0817. The predicted molar refractivity (Wildman–Crippen MR) is 91.6 cm³/mol. The van der Waals surface area contributed by atoms with Gasteiger partial charge in [0.15, 0.2) is 5.13 Å².